The molecular weight excluding hydrogens is 376 g/mol. The highest BCUT2D eigenvalue weighted by Gasteiger charge is 2.17. The van der Waals surface area contributed by atoms with Crippen molar-refractivity contribution in [2.75, 3.05) is 7.05 Å². The van der Waals surface area contributed by atoms with Crippen molar-refractivity contribution in [3.05, 3.63) is 89.4 Å². The minimum atomic E-state index is -3.69. The van der Waals surface area contributed by atoms with Gasteiger partial charge >= 0.3 is 0 Å². The number of sulfonamides is 1. The second-order valence-corrected chi connectivity index (χ2v) is 8.28. The van der Waals surface area contributed by atoms with Crippen LogP contribution in [0.15, 0.2) is 76.2 Å². The van der Waals surface area contributed by atoms with Crippen molar-refractivity contribution in [3.63, 3.8) is 0 Å². The second kappa shape index (κ2) is 8.41. The number of aryl methyl sites for hydroxylation is 1. The fraction of sp³-hybridized carbons (Fsp3) is 0.190. The molecule has 0 atom stereocenters. The predicted molar refractivity (Wildman–Crippen MR) is 106 cm³/mol. The summed E-state index contributed by atoms with van der Waals surface area (Å²) in [4.78, 5) is 14.4. The van der Waals surface area contributed by atoms with Gasteiger partial charge in [0.2, 0.25) is 10.0 Å². The van der Waals surface area contributed by atoms with Gasteiger partial charge in [-0.25, -0.2) is 13.1 Å². The Morgan fingerprint density at radius 3 is 2.39 bits per heavy atom. The van der Waals surface area contributed by atoms with E-state index in [0.29, 0.717) is 17.9 Å². The fourth-order valence-corrected chi connectivity index (χ4v) is 3.77. The SMILES string of the molecule is Cc1ccccc1CN(C)C(=O)c1ccc(S(=O)(=O)NCc2ccco2)cc1. The van der Waals surface area contributed by atoms with E-state index < -0.39 is 10.0 Å². The predicted octanol–water partition coefficient (Wildman–Crippen LogP) is 3.34. The molecule has 3 aromatic rings. The molecule has 146 valence electrons. The molecular formula is C21H22N2O4S. The van der Waals surface area contributed by atoms with Crippen LogP contribution in [0.3, 0.4) is 0 Å². The third kappa shape index (κ3) is 4.68. The Hall–Kier alpha value is -2.90. The maximum Gasteiger partial charge on any atom is 0.253 e. The summed E-state index contributed by atoms with van der Waals surface area (Å²) in [6.07, 6.45) is 1.48. The summed E-state index contributed by atoms with van der Waals surface area (Å²) >= 11 is 0. The zero-order valence-electron chi connectivity index (χ0n) is 15.8. The van der Waals surface area contributed by atoms with Gasteiger partial charge in [-0.1, -0.05) is 24.3 Å². The first-order valence-electron chi connectivity index (χ1n) is 8.79. The van der Waals surface area contributed by atoms with E-state index >= 15 is 0 Å². The van der Waals surface area contributed by atoms with Crippen LogP contribution in [0.5, 0.6) is 0 Å². The standard InChI is InChI=1S/C21H22N2O4S/c1-16-6-3-4-7-18(16)15-23(2)21(24)17-9-11-20(12-10-17)28(25,26)22-14-19-8-5-13-27-19/h3-13,22H,14-15H2,1-2H3. The minimum Gasteiger partial charge on any atom is -0.468 e. The molecule has 0 aliphatic rings. The smallest absolute Gasteiger partial charge is 0.253 e. The maximum absolute atomic E-state index is 12.7. The molecule has 3 rings (SSSR count). The van der Waals surface area contributed by atoms with Crippen molar-refractivity contribution in [1.82, 2.24) is 9.62 Å². The number of nitrogens with zero attached hydrogens (tertiary/aromatic N) is 1. The summed E-state index contributed by atoms with van der Waals surface area (Å²) in [7, 11) is -1.96. The number of carbonyl (C=O) groups is 1. The number of hydrogen-bond donors (Lipinski definition) is 1. The third-order valence-electron chi connectivity index (χ3n) is 4.44. The topological polar surface area (TPSA) is 79.6 Å². The van der Waals surface area contributed by atoms with Gasteiger partial charge in [0.25, 0.3) is 5.91 Å². The van der Waals surface area contributed by atoms with Crippen molar-refractivity contribution in [2.45, 2.75) is 24.9 Å². The monoisotopic (exact) mass is 398 g/mol. The number of benzene rings is 2. The number of hydrogen-bond acceptors (Lipinski definition) is 4. The molecule has 1 aromatic heterocycles. The van der Waals surface area contributed by atoms with Gasteiger partial charge in [0.1, 0.15) is 5.76 Å². The Morgan fingerprint density at radius 1 is 1.04 bits per heavy atom. The maximum atomic E-state index is 12.7. The van der Waals surface area contributed by atoms with Crippen molar-refractivity contribution >= 4 is 15.9 Å². The van der Waals surface area contributed by atoms with Gasteiger partial charge in [0.05, 0.1) is 17.7 Å². The molecule has 0 aliphatic heterocycles. The van der Waals surface area contributed by atoms with Crippen LogP contribution < -0.4 is 4.72 Å². The van der Waals surface area contributed by atoms with Gasteiger partial charge in [-0.05, 0) is 54.4 Å². The van der Waals surface area contributed by atoms with E-state index in [1.165, 1.54) is 30.5 Å². The summed E-state index contributed by atoms with van der Waals surface area (Å²) in [6, 6.07) is 17.2. The highest BCUT2D eigenvalue weighted by molar-refractivity contribution is 7.89. The third-order valence-corrected chi connectivity index (χ3v) is 5.86. The molecule has 7 heteroatoms. The van der Waals surface area contributed by atoms with Crippen molar-refractivity contribution in [2.24, 2.45) is 0 Å². The first kappa shape index (κ1) is 19.9. The number of nitrogens with one attached hydrogen (secondary N) is 1. The Kier molecular flexibility index (Phi) is 5.96. The Balaban J connectivity index is 1.67. The van der Waals surface area contributed by atoms with Crippen LogP contribution in [0.4, 0.5) is 0 Å². The zero-order chi connectivity index (χ0) is 20.1. The van der Waals surface area contributed by atoms with Crippen molar-refractivity contribution in [3.8, 4) is 0 Å². The fourth-order valence-electron chi connectivity index (χ4n) is 2.77. The average Bonchev–Trinajstić information content (AvgIpc) is 3.21. The molecule has 0 radical (unpaired) electrons. The molecule has 2 aromatic carbocycles. The largest absolute Gasteiger partial charge is 0.468 e. The van der Waals surface area contributed by atoms with E-state index in [4.69, 9.17) is 4.42 Å². The summed E-state index contributed by atoms with van der Waals surface area (Å²) in [5.74, 6) is 0.351. The number of carbonyl (C=O) groups excluding carboxylic acids is 1. The van der Waals surface area contributed by atoms with Crippen LogP contribution in [0, 0.1) is 6.92 Å². The second-order valence-electron chi connectivity index (χ2n) is 6.52. The normalized spacial score (nSPS) is 11.4. The van der Waals surface area contributed by atoms with Gasteiger partial charge in [0.15, 0.2) is 0 Å². The molecule has 0 bridgehead atoms. The quantitative estimate of drug-likeness (QED) is 0.662. The molecule has 28 heavy (non-hydrogen) atoms. The van der Waals surface area contributed by atoms with E-state index in [-0.39, 0.29) is 17.3 Å². The Bertz CT molecular complexity index is 1040. The highest BCUT2D eigenvalue weighted by atomic mass is 32.2. The van der Waals surface area contributed by atoms with Gasteiger partial charge in [-0.3, -0.25) is 4.79 Å². The Morgan fingerprint density at radius 2 is 1.75 bits per heavy atom. The van der Waals surface area contributed by atoms with Crippen LogP contribution in [0.2, 0.25) is 0 Å². The van der Waals surface area contributed by atoms with E-state index in [9.17, 15) is 13.2 Å². The van der Waals surface area contributed by atoms with E-state index in [2.05, 4.69) is 4.72 Å². The molecule has 0 saturated carbocycles. The zero-order valence-corrected chi connectivity index (χ0v) is 16.6. The number of furan rings is 1. The van der Waals surface area contributed by atoms with Crippen LogP contribution in [-0.2, 0) is 23.1 Å². The molecule has 1 amide bonds. The lowest BCUT2D eigenvalue weighted by Gasteiger charge is -2.18. The first-order valence-corrected chi connectivity index (χ1v) is 10.3. The number of rotatable bonds is 7. The lowest BCUT2D eigenvalue weighted by Crippen LogP contribution is -2.27. The summed E-state index contributed by atoms with van der Waals surface area (Å²) in [5.41, 5.74) is 2.62. The molecule has 1 N–H and O–H groups in total. The Labute approximate surface area is 164 Å². The summed E-state index contributed by atoms with van der Waals surface area (Å²) in [6.45, 7) is 2.55. The minimum absolute atomic E-state index is 0.0647. The first-order chi connectivity index (χ1) is 13.4. The molecule has 6 nitrogen and oxygen atoms in total. The lowest BCUT2D eigenvalue weighted by atomic mass is 10.1. The van der Waals surface area contributed by atoms with E-state index in [1.54, 1.807) is 24.1 Å². The summed E-state index contributed by atoms with van der Waals surface area (Å²) < 4.78 is 32.3. The van der Waals surface area contributed by atoms with E-state index in [1.807, 2.05) is 31.2 Å². The van der Waals surface area contributed by atoms with Gasteiger partial charge < -0.3 is 9.32 Å². The number of amides is 1. The lowest BCUT2D eigenvalue weighted by molar-refractivity contribution is 0.0785. The van der Waals surface area contributed by atoms with Crippen LogP contribution >= 0.6 is 0 Å². The van der Waals surface area contributed by atoms with Gasteiger partial charge in [0, 0.05) is 19.2 Å². The van der Waals surface area contributed by atoms with Crippen LogP contribution in [0.1, 0.15) is 27.2 Å². The molecule has 0 unspecified atom stereocenters. The van der Waals surface area contributed by atoms with Crippen LogP contribution in [-0.4, -0.2) is 26.3 Å². The summed E-state index contributed by atoms with van der Waals surface area (Å²) in [5, 5.41) is 0. The molecule has 0 spiro atoms. The van der Waals surface area contributed by atoms with Crippen molar-refractivity contribution in [1.29, 1.82) is 0 Å². The molecule has 1 heterocycles. The molecule has 0 aliphatic carbocycles. The van der Waals surface area contributed by atoms with E-state index in [0.717, 1.165) is 11.1 Å². The van der Waals surface area contributed by atoms with Crippen LogP contribution in [0.25, 0.3) is 0 Å². The van der Waals surface area contributed by atoms with Gasteiger partial charge in [-0.15, -0.1) is 0 Å². The average molecular weight is 398 g/mol. The van der Waals surface area contributed by atoms with Crippen molar-refractivity contribution < 1.29 is 17.6 Å². The molecule has 0 saturated heterocycles. The molecule has 0 fully saturated rings. The highest BCUT2D eigenvalue weighted by Crippen LogP contribution is 2.15. The van der Waals surface area contributed by atoms with Gasteiger partial charge in [-0.2, -0.15) is 0 Å².